The third-order valence-corrected chi connectivity index (χ3v) is 9.00. The predicted octanol–water partition coefficient (Wildman–Crippen LogP) is 2.60. The summed E-state index contributed by atoms with van der Waals surface area (Å²) in [5.41, 5.74) is -1.42. The highest BCUT2D eigenvalue weighted by Crippen LogP contribution is 2.35. The van der Waals surface area contributed by atoms with E-state index in [1.807, 2.05) is 13.8 Å². The van der Waals surface area contributed by atoms with Gasteiger partial charge in [0, 0.05) is 17.2 Å². The zero-order chi connectivity index (χ0) is 28.1. The molecule has 0 saturated carbocycles. The number of carbonyl (C=O) groups excluding carboxylic acids is 1. The van der Waals surface area contributed by atoms with E-state index in [4.69, 9.17) is 4.74 Å². The molecule has 4 heterocycles. The number of benzene rings is 1. The maximum atomic E-state index is 14.1. The van der Waals surface area contributed by atoms with Gasteiger partial charge in [0.15, 0.2) is 0 Å². The van der Waals surface area contributed by atoms with Crippen molar-refractivity contribution in [2.75, 3.05) is 13.7 Å². The summed E-state index contributed by atoms with van der Waals surface area (Å²) >= 11 is 1.19. The summed E-state index contributed by atoms with van der Waals surface area (Å²) in [5.74, 6) is 0.224. The molecule has 0 spiro atoms. The minimum Gasteiger partial charge on any atom is -0.496 e. The first-order valence-corrected chi connectivity index (χ1v) is 13.8. The number of rotatable bonds is 9. The number of aliphatic hydroxyl groups excluding tert-OH is 1. The third-order valence-electron chi connectivity index (χ3n) is 7.72. The zero-order valence-electron chi connectivity index (χ0n) is 22.6. The number of carbonyl (C=O) groups is 1. The van der Waals surface area contributed by atoms with Gasteiger partial charge in [0.2, 0.25) is 0 Å². The topological polar surface area (TPSA) is 124 Å². The number of para-hydroxylation sites is 1. The van der Waals surface area contributed by atoms with Gasteiger partial charge in [-0.05, 0) is 32.8 Å². The molecule has 206 valence electrons. The van der Waals surface area contributed by atoms with Gasteiger partial charge in [-0.15, -0.1) is 4.80 Å². The van der Waals surface area contributed by atoms with E-state index < -0.39 is 22.9 Å². The van der Waals surface area contributed by atoms with E-state index in [0.717, 1.165) is 17.4 Å². The SMILES string of the molecule is CCC(CC)N1CC(C)(n2c(=O)c3c(C)c(-n4nccn4)sc3n(C[C@H](O)c3ccccc3OC)c2=O)C1=O. The summed E-state index contributed by atoms with van der Waals surface area (Å²) < 4.78 is 7.88. The lowest BCUT2D eigenvalue weighted by atomic mass is 9.87. The predicted molar refractivity (Wildman–Crippen MR) is 148 cm³/mol. The number of β-lactam (4-membered cyclic amide) rings is 1. The normalized spacial score (nSPS) is 18.1. The summed E-state index contributed by atoms with van der Waals surface area (Å²) in [6, 6.07) is 7.07. The van der Waals surface area contributed by atoms with Crippen LogP contribution in [0.15, 0.2) is 46.2 Å². The zero-order valence-corrected chi connectivity index (χ0v) is 23.4. The fourth-order valence-electron chi connectivity index (χ4n) is 5.54. The number of likely N-dealkylation sites (tertiary alicyclic amines) is 1. The van der Waals surface area contributed by atoms with Crippen LogP contribution in [0, 0.1) is 6.92 Å². The molecule has 1 saturated heterocycles. The Morgan fingerprint density at radius 1 is 1.13 bits per heavy atom. The Bertz CT molecular complexity index is 1650. The van der Waals surface area contributed by atoms with E-state index in [1.54, 1.807) is 43.0 Å². The number of aryl methyl sites for hydroxylation is 1. The van der Waals surface area contributed by atoms with Gasteiger partial charge in [0.05, 0.1) is 38.0 Å². The van der Waals surface area contributed by atoms with Crippen LogP contribution in [0.1, 0.15) is 50.8 Å². The average molecular weight is 553 g/mol. The fraction of sp³-hybridized carbons (Fsp3) is 0.444. The molecule has 12 heteroatoms. The molecule has 1 fully saturated rings. The van der Waals surface area contributed by atoms with Crippen LogP contribution in [0.4, 0.5) is 0 Å². The van der Waals surface area contributed by atoms with Gasteiger partial charge in [0.1, 0.15) is 27.2 Å². The van der Waals surface area contributed by atoms with Gasteiger partial charge in [-0.25, -0.2) is 9.36 Å². The van der Waals surface area contributed by atoms with E-state index in [2.05, 4.69) is 10.2 Å². The maximum absolute atomic E-state index is 14.1. The molecule has 0 radical (unpaired) electrons. The van der Waals surface area contributed by atoms with Crippen LogP contribution in [-0.2, 0) is 16.9 Å². The van der Waals surface area contributed by atoms with Crippen molar-refractivity contribution in [3.05, 3.63) is 68.6 Å². The second-order valence-electron chi connectivity index (χ2n) is 10.00. The Balaban J connectivity index is 1.72. The molecule has 5 rings (SSSR count). The fourth-order valence-corrected chi connectivity index (χ4v) is 6.75. The van der Waals surface area contributed by atoms with Crippen LogP contribution >= 0.6 is 11.3 Å². The van der Waals surface area contributed by atoms with Crippen LogP contribution in [0.3, 0.4) is 0 Å². The average Bonchev–Trinajstić information content (AvgIpc) is 3.59. The number of methoxy groups -OCH3 is 1. The molecule has 1 unspecified atom stereocenters. The van der Waals surface area contributed by atoms with Crippen molar-refractivity contribution in [3.8, 4) is 10.8 Å². The molecule has 0 bridgehead atoms. The number of amides is 1. The standard InChI is InChI=1S/C27H32N6O5S/c1-6-17(7-2)31-15-27(4,25(31)36)32-22(35)21-16(3)23(33-28-12-13-29-33)39-24(21)30(26(32)37)14-19(34)18-10-8-9-11-20(18)38-5/h8-13,17,19,34H,6-7,14-15H2,1-5H3/t19-,27?/m0/s1. The Morgan fingerprint density at radius 2 is 1.79 bits per heavy atom. The molecule has 1 N–H and O–H groups in total. The van der Waals surface area contributed by atoms with E-state index in [1.165, 1.54) is 40.2 Å². The highest BCUT2D eigenvalue weighted by molar-refractivity contribution is 7.21. The van der Waals surface area contributed by atoms with Crippen molar-refractivity contribution < 1.29 is 14.6 Å². The first-order chi connectivity index (χ1) is 18.7. The van der Waals surface area contributed by atoms with E-state index in [9.17, 15) is 19.5 Å². The van der Waals surface area contributed by atoms with Gasteiger partial charge >= 0.3 is 5.69 Å². The van der Waals surface area contributed by atoms with Gasteiger partial charge in [-0.1, -0.05) is 43.4 Å². The van der Waals surface area contributed by atoms with Crippen LogP contribution in [0.2, 0.25) is 0 Å². The van der Waals surface area contributed by atoms with Crippen molar-refractivity contribution in [2.24, 2.45) is 0 Å². The molecule has 3 aromatic heterocycles. The molecular weight excluding hydrogens is 520 g/mol. The van der Waals surface area contributed by atoms with Gasteiger partial charge in [-0.3, -0.25) is 14.2 Å². The van der Waals surface area contributed by atoms with Gasteiger partial charge < -0.3 is 14.7 Å². The van der Waals surface area contributed by atoms with Crippen molar-refractivity contribution in [3.63, 3.8) is 0 Å². The summed E-state index contributed by atoms with van der Waals surface area (Å²) in [5, 5.41) is 20.6. The lowest BCUT2D eigenvalue weighted by Gasteiger charge is -2.50. The molecule has 4 aromatic rings. The van der Waals surface area contributed by atoms with Crippen LogP contribution in [0.25, 0.3) is 15.2 Å². The molecule has 1 aromatic carbocycles. The highest BCUT2D eigenvalue weighted by Gasteiger charge is 2.53. The molecule has 39 heavy (non-hydrogen) atoms. The minimum atomic E-state index is -1.33. The van der Waals surface area contributed by atoms with Crippen molar-refractivity contribution >= 4 is 27.5 Å². The minimum absolute atomic E-state index is 0.0416. The Labute approximate surface area is 228 Å². The lowest BCUT2D eigenvalue weighted by Crippen LogP contribution is -2.72. The van der Waals surface area contributed by atoms with E-state index in [-0.39, 0.29) is 25.0 Å². The summed E-state index contributed by atoms with van der Waals surface area (Å²) in [6.07, 6.45) is 3.51. The Hall–Kier alpha value is -3.77. The van der Waals surface area contributed by atoms with Crippen LogP contribution in [0.5, 0.6) is 5.75 Å². The number of aliphatic hydroxyl groups is 1. The number of thiophene rings is 1. The molecule has 11 nitrogen and oxygen atoms in total. The summed E-state index contributed by atoms with van der Waals surface area (Å²) in [7, 11) is 1.51. The largest absolute Gasteiger partial charge is 0.496 e. The highest BCUT2D eigenvalue weighted by atomic mass is 32.1. The number of hydrogen-bond donors (Lipinski definition) is 1. The number of ether oxygens (including phenoxy) is 1. The first-order valence-electron chi connectivity index (χ1n) is 13.0. The van der Waals surface area contributed by atoms with Crippen molar-refractivity contribution in [2.45, 2.75) is 64.8 Å². The molecule has 1 aliphatic heterocycles. The second kappa shape index (κ2) is 10.1. The number of hydrogen-bond acceptors (Lipinski definition) is 8. The van der Waals surface area contributed by atoms with E-state index >= 15 is 0 Å². The Morgan fingerprint density at radius 3 is 2.41 bits per heavy atom. The first kappa shape index (κ1) is 26.8. The van der Waals surface area contributed by atoms with Crippen LogP contribution < -0.4 is 16.0 Å². The Kier molecular flexibility index (Phi) is 6.93. The molecular formula is C27H32N6O5S. The smallest absolute Gasteiger partial charge is 0.333 e. The number of fused-ring (bicyclic) bond motifs is 1. The quantitative estimate of drug-likeness (QED) is 0.317. The maximum Gasteiger partial charge on any atom is 0.333 e. The molecule has 1 amide bonds. The monoisotopic (exact) mass is 552 g/mol. The van der Waals surface area contributed by atoms with E-state index in [0.29, 0.717) is 32.1 Å². The van der Waals surface area contributed by atoms with Gasteiger partial charge in [-0.2, -0.15) is 10.2 Å². The molecule has 0 aliphatic carbocycles. The van der Waals surface area contributed by atoms with Crippen molar-refractivity contribution in [1.29, 1.82) is 0 Å². The second-order valence-corrected chi connectivity index (χ2v) is 11.0. The molecule has 1 aliphatic rings. The molecule has 2 atom stereocenters. The number of nitrogens with zero attached hydrogens (tertiary/aromatic N) is 6. The number of aromatic nitrogens is 5. The van der Waals surface area contributed by atoms with Crippen molar-refractivity contribution in [1.82, 2.24) is 29.0 Å². The summed E-state index contributed by atoms with van der Waals surface area (Å²) in [4.78, 5) is 45.2. The summed E-state index contributed by atoms with van der Waals surface area (Å²) in [6.45, 7) is 7.55. The van der Waals surface area contributed by atoms with Crippen LogP contribution in [-0.4, -0.2) is 59.7 Å². The van der Waals surface area contributed by atoms with Gasteiger partial charge in [0.25, 0.3) is 11.5 Å². The third kappa shape index (κ3) is 4.09. The lowest BCUT2D eigenvalue weighted by molar-refractivity contribution is -0.161.